The Bertz CT molecular complexity index is 697. The summed E-state index contributed by atoms with van der Waals surface area (Å²) < 4.78 is 40.7. The van der Waals surface area contributed by atoms with E-state index in [0.29, 0.717) is 29.4 Å². The van der Waals surface area contributed by atoms with E-state index >= 15 is 0 Å². The van der Waals surface area contributed by atoms with Crippen LogP contribution >= 0.6 is 11.6 Å². The number of ether oxygens (including phenoxy) is 2. The largest absolute Gasteiger partial charge is 0.343 e. The van der Waals surface area contributed by atoms with Crippen molar-refractivity contribution in [3.8, 4) is 0 Å². The third-order valence-electron chi connectivity index (χ3n) is 4.58. The molecular weight excluding hydrogens is 322 g/mol. The Labute approximate surface area is 138 Å². The summed E-state index contributed by atoms with van der Waals surface area (Å²) in [6, 6.07) is 15.6. The minimum atomic E-state index is -2.88. The first-order chi connectivity index (χ1) is 11.1. The highest BCUT2D eigenvalue weighted by molar-refractivity contribution is 6.30. The van der Waals surface area contributed by atoms with Gasteiger partial charge in [-0.15, -0.1) is 0 Å². The molecule has 1 aliphatic heterocycles. The first kappa shape index (κ1) is 15.1. The van der Waals surface area contributed by atoms with Crippen LogP contribution in [0.3, 0.4) is 0 Å². The Hall–Kier alpha value is -1.49. The summed E-state index contributed by atoms with van der Waals surface area (Å²) >= 11 is 5.86. The van der Waals surface area contributed by atoms with Gasteiger partial charge in [-0.05, 0) is 17.7 Å². The van der Waals surface area contributed by atoms with Gasteiger partial charge in [-0.1, -0.05) is 54.1 Å². The molecule has 0 spiro atoms. The number of alkyl halides is 2. The number of rotatable bonds is 3. The van der Waals surface area contributed by atoms with Gasteiger partial charge in [0.1, 0.15) is 0 Å². The predicted octanol–water partition coefficient (Wildman–Crippen LogP) is 4.59. The molecule has 1 heterocycles. The first-order valence-corrected chi connectivity index (χ1v) is 7.90. The fourth-order valence-electron chi connectivity index (χ4n) is 3.51. The fraction of sp³-hybridized carbons (Fsp3) is 0.333. The summed E-state index contributed by atoms with van der Waals surface area (Å²) in [7, 11) is 0. The van der Waals surface area contributed by atoms with Crippen molar-refractivity contribution >= 4 is 11.6 Å². The summed E-state index contributed by atoms with van der Waals surface area (Å²) in [5.74, 6) is -6.23. The average Bonchev–Trinajstić information content (AvgIpc) is 2.93. The van der Waals surface area contributed by atoms with Gasteiger partial charge in [-0.3, -0.25) is 0 Å². The summed E-state index contributed by atoms with van der Waals surface area (Å²) in [6.07, 6.45) is 0. The van der Waals surface area contributed by atoms with Crippen LogP contribution in [0, 0.1) is 5.92 Å². The van der Waals surface area contributed by atoms with Crippen molar-refractivity contribution in [3.63, 3.8) is 0 Å². The van der Waals surface area contributed by atoms with Crippen molar-refractivity contribution in [3.05, 3.63) is 70.7 Å². The molecule has 0 N–H and O–H groups in total. The molecule has 2 aromatic rings. The maximum Gasteiger partial charge on any atom is 0.264 e. The normalized spacial score (nSPS) is 27.8. The van der Waals surface area contributed by atoms with Gasteiger partial charge in [0.05, 0.1) is 25.0 Å². The van der Waals surface area contributed by atoms with Crippen LogP contribution in [-0.4, -0.2) is 19.1 Å². The Balaban J connectivity index is 1.74. The molecule has 0 amide bonds. The molecular formula is C18H15ClF2O2. The lowest BCUT2D eigenvalue weighted by molar-refractivity contribution is -0.198. The zero-order valence-corrected chi connectivity index (χ0v) is 13.0. The number of hydrogen-bond donors (Lipinski definition) is 0. The van der Waals surface area contributed by atoms with Crippen molar-refractivity contribution in [2.75, 3.05) is 13.2 Å². The zero-order valence-electron chi connectivity index (χ0n) is 12.2. The van der Waals surface area contributed by atoms with Crippen molar-refractivity contribution in [1.82, 2.24) is 0 Å². The standard InChI is InChI=1S/C18H15ClF2O2/c19-14-8-6-12(7-9-14)15-16(17(15,20)21)18(22-10-11-23-18)13-4-2-1-3-5-13/h1-9,15-16H,10-11H2. The van der Waals surface area contributed by atoms with E-state index in [-0.39, 0.29) is 0 Å². The van der Waals surface area contributed by atoms with Gasteiger partial charge in [0.25, 0.3) is 5.92 Å². The fourth-order valence-corrected chi connectivity index (χ4v) is 3.63. The minimum Gasteiger partial charge on any atom is -0.343 e. The second-order valence-electron chi connectivity index (χ2n) is 5.91. The summed E-state index contributed by atoms with van der Waals surface area (Å²) in [5, 5.41) is 0.528. The Morgan fingerprint density at radius 1 is 0.913 bits per heavy atom. The highest BCUT2D eigenvalue weighted by Gasteiger charge is 2.78. The van der Waals surface area contributed by atoms with Crippen molar-refractivity contribution < 1.29 is 18.3 Å². The Kier molecular flexibility index (Phi) is 3.45. The highest BCUT2D eigenvalue weighted by atomic mass is 35.5. The quantitative estimate of drug-likeness (QED) is 0.816. The number of hydrogen-bond acceptors (Lipinski definition) is 2. The molecule has 2 aliphatic rings. The van der Waals surface area contributed by atoms with Gasteiger partial charge < -0.3 is 9.47 Å². The van der Waals surface area contributed by atoms with Gasteiger partial charge >= 0.3 is 0 Å². The molecule has 2 fully saturated rings. The van der Waals surface area contributed by atoms with Crippen LogP contribution < -0.4 is 0 Å². The van der Waals surface area contributed by atoms with Crippen LogP contribution in [0.25, 0.3) is 0 Å². The van der Waals surface area contributed by atoms with Crippen molar-refractivity contribution in [1.29, 1.82) is 0 Å². The van der Waals surface area contributed by atoms with Crippen LogP contribution in [0.4, 0.5) is 8.78 Å². The second kappa shape index (κ2) is 5.26. The second-order valence-corrected chi connectivity index (χ2v) is 6.35. The molecule has 1 saturated carbocycles. The third kappa shape index (κ3) is 2.28. The van der Waals surface area contributed by atoms with E-state index in [0.717, 1.165) is 0 Å². The van der Waals surface area contributed by atoms with Crippen LogP contribution in [0.2, 0.25) is 5.02 Å². The van der Waals surface area contributed by atoms with Gasteiger partial charge in [-0.25, -0.2) is 8.78 Å². The monoisotopic (exact) mass is 336 g/mol. The summed E-state index contributed by atoms with van der Waals surface area (Å²) in [4.78, 5) is 0. The maximum absolute atomic E-state index is 14.6. The number of benzene rings is 2. The lowest BCUT2D eigenvalue weighted by atomic mass is 9.97. The smallest absolute Gasteiger partial charge is 0.264 e. The number of halogens is 3. The average molecular weight is 337 g/mol. The molecule has 2 nitrogen and oxygen atoms in total. The molecule has 1 aliphatic carbocycles. The van der Waals surface area contributed by atoms with Gasteiger partial charge in [-0.2, -0.15) is 0 Å². The van der Waals surface area contributed by atoms with Crippen LogP contribution in [0.5, 0.6) is 0 Å². The van der Waals surface area contributed by atoms with E-state index in [1.165, 1.54) is 0 Å². The Morgan fingerprint density at radius 2 is 1.52 bits per heavy atom. The van der Waals surface area contributed by atoms with E-state index in [1.54, 1.807) is 48.5 Å². The molecule has 23 heavy (non-hydrogen) atoms. The molecule has 0 aromatic heterocycles. The van der Waals surface area contributed by atoms with Crippen molar-refractivity contribution in [2.45, 2.75) is 17.6 Å². The molecule has 1 saturated heterocycles. The molecule has 120 valence electrons. The lowest BCUT2D eigenvalue weighted by Gasteiger charge is -2.28. The summed E-state index contributed by atoms with van der Waals surface area (Å²) in [6.45, 7) is 0.629. The van der Waals surface area contributed by atoms with E-state index in [1.807, 2.05) is 6.07 Å². The van der Waals surface area contributed by atoms with Crippen LogP contribution in [0.15, 0.2) is 54.6 Å². The predicted molar refractivity (Wildman–Crippen MR) is 82.7 cm³/mol. The van der Waals surface area contributed by atoms with Gasteiger partial charge in [0.15, 0.2) is 0 Å². The molecule has 0 bridgehead atoms. The first-order valence-electron chi connectivity index (χ1n) is 7.52. The van der Waals surface area contributed by atoms with Gasteiger partial charge in [0.2, 0.25) is 5.79 Å². The lowest BCUT2D eigenvalue weighted by Crippen LogP contribution is -2.32. The van der Waals surface area contributed by atoms with Crippen molar-refractivity contribution in [2.24, 2.45) is 5.92 Å². The molecule has 2 unspecified atom stereocenters. The highest BCUT2D eigenvalue weighted by Crippen LogP contribution is 2.69. The molecule has 0 radical (unpaired) electrons. The van der Waals surface area contributed by atoms with E-state index < -0.39 is 23.5 Å². The Morgan fingerprint density at radius 3 is 2.13 bits per heavy atom. The van der Waals surface area contributed by atoms with Gasteiger partial charge in [0, 0.05) is 10.6 Å². The van der Waals surface area contributed by atoms with Crippen LogP contribution in [0.1, 0.15) is 17.0 Å². The SMILES string of the molecule is FC1(F)C(c2ccc(Cl)cc2)C1C1(c2ccccc2)OCCO1. The minimum absolute atomic E-state index is 0.314. The molecule has 2 aromatic carbocycles. The third-order valence-corrected chi connectivity index (χ3v) is 4.84. The van der Waals surface area contributed by atoms with E-state index in [4.69, 9.17) is 21.1 Å². The molecule has 5 heteroatoms. The zero-order chi connectivity index (χ0) is 16.1. The van der Waals surface area contributed by atoms with Crippen LogP contribution in [-0.2, 0) is 15.3 Å². The maximum atomic E-state index is 14.6. The summed E-state index contributed by atoms with van der Waals surface area (Å²) in [5.41, 5.74) is 1.19. The topological polar surface area (TPSA) is 18.5 Å². The molecule has 2 atom stereocenters. The van der Waals surface area contributed by atoms with E-state index in [9.17, 15) is 8.78 Å². The van der Waals surface area contributed by atoms with E-state index in [2.05, 4.69) is 0 Å². The molecule has 4 rings (SSSR count).